The first-order chi connectivity index (χ1) is 9.55. The van der Waals surface area contributed by atoms with Crippen molar-refractivity contribution in [1.82, 2.24) is 5.32 Å². The SMILES string of the molecule is COc1ccc(C2CC(NC3CCC(C)(C)C3)C2)cc1. The van der Waals surface area contributed by atoms with Crippen LogP contribution in [0.3, 0.4) is 0 Å². The van der Waals surface area contributed by atoms with Crippen LogP contribution < -0.4 is 10.1 Å². The van der Waals surface area contributed by atoms with Gasteiger partial charge in [-0.1, -0.05) is 26.0 Å². The number of hydrogen-bond acceptors (Lipinski definition) is 2. The van der Waals surface area contributed by atoms with E-state index in [0.717, 1.165) is 23.8 Å². The summed E-state index contributed by atoms with van der Waals surface area (Å²) in [5, 5.41) is 3.87. The van der Waals surface area contributed by atoms with Crippen molar-refractivity contribution in [1.29, 1.82) is 0 Å². The average molecular weight is 273 g/mol. The van der Waals surface area contributed by atoms with E-state index in [1.54, 1.807) is 7.11 Å². The summed E-state index contributed by atoms with van der Waals surface area (Å²) in [7, 11) is 1.72. The molecule has 1 aromatic carbocycles. The van der Waals surface area contributed by atoms with Crippen LogP contribution in [-0.2, 0) is 0 Å². The van der Waals surface area contributed by atoms with E-state index >= 15 is 0 Å². The Kier molecular flexibility index (Phi) is 3.76. The van der Waals surface area contributed by atoms with E-state index in [2.05, 4.69) is 43.4 Å². The Morgan fingerprint density at radius 3 is 2.35 bits per heavy atom. The summed E-state index contributed by atoms with van der Waals surface area (Å²) in [4.78, 5) is 0. The van der Waals surface area contributed by atoms with Gasteiger partial charge in [0.2, 0.25) is 0 Å². The van der Waals surface area contributed by atoms with Gasteiger partial charge in [0.25, 0.3) is 0 Å². The lowest BCUT2D eigenvalue weighted by Crippen LogP contribution is -2.44. The fraction of sp³-hybridized carbons (Fsp3) is 0.667. The van der Waals surface area contributed by atoms with Crippen LogP contribution in [0.15, 0.2) is 24.3 Å². The van der Waals surface area contributed by atoms with Crippen LogP contribution in [0.5, 0.6) is 5.75 Å². The van der Waals surface area contributed by atoms with Crippen molar-refractivity contribution < 1.29 is 4.74 Å². The fourth-order valence-corrected chi connectivity index (χ4v) is 3.81. The van der Waals surface area contributed by atoms with E-state index in [-0.39, 0.29) is 0 Å². The minimum Gasteiger partial charge on any atom is -0.497 e. The molecule has 3 rings (SSSR count). The highest BCUT2D eigenvalue weighted by atomic mass is 16.5. The third-order valence-electron chi connectivity index (χ3n) is 5.17. The molecule has 0 amide bonds. The minimum absolute atomic E-state index is 0.552. The van der Waals surface area contributed by atoms with Crippen molar-refractivity contribution in [3.63, 3.8) is 0 Å². The second kappa shape index (κ2) is 5.40. The van der Waals surface area contributed by atoms with Gasteiger partial charge in [0.15, 0.2) is 0 Å². The van der Waals surface area contributed by atoms with E-state index in [1.165, 1.54) is 37.7 Å². The molecule has 2 aliphatic rings. The molecule has 2 nitrogen and oxygen atoms in total. The number of nitrogens with one attached hydrogen (secondary N) is 1. The summed E-state index contributed by atoms with van der Waals surface area (Å²) in [5.74, 6) is 1.70. The number of benzene rings is 1. The third kappa shape index (κ3) is 3.01. The first-order valence-corrected chi connectivity index (χ1v) is 7.96. The monoisotopic (exact) mass is 273 g/mol. The third-order valence-corrected chi connectivity index (χ3v) is 5.17. The Balaban J connectivity index is 1.46. The minimum atomic E-state index is 0.552. The normalized spacial score (nSPS) is 31.9. The summed E-state index contributed by atoms with van der Waals surface area (Å²) >= 11 is 0. The predicted octanol–water partition coefficient (Wildman–Crippen LogP) is 4.11. The lowest BCUT2D eigenvalue weighted by molar-refractivity contribution is 0.256. The molecule has 0 spiro atoms. The van der Waals surface area contributed by atoms with Crippen LogP contribution in [0.25, 0.3) is 0 Å². The molecule has 0 saturated heterocycles. The zero-order chi connectivity index (χ0) is 14.2. The quantitative estimate of drug-likeness (QED) is 0.891. The highest BCUT2D eigenvalue weighted by Gasteiger charge is 2.36. The molecule has 20 heavy (non-hydrogen) atoms. The topological polar surface area (TPSA) is 21.3 Å². The van der Waals surface area contributed by atoms with Crippen LogP contribution >= 0.6 is 0 Å². The molecular weight excluding hydrogens is 246 g/mol. The summed E-state index contributed by atoms with van der Waals surface area (Å²) in [6, 6.07) is 10.1. The van der Waals surface area contributed by atoms with Crippen LogP contribution in [-0.4, -0.2) is 19.2 Å². The molecule has 1 aromatic rings. The molecule has 1 N–H and O–H groups in total. The fourth-order valence-electron chi connectivity index (χ4n) is 3.81. The molecule has 0 aromatic heterocycles. The highest BCUT2D eigenvalue weighted by Crippen LogP contribution is 2.41. The Morgan fingerprint density at radius 1 is 1.10 bits per heavy atom. The van der Waals surface area contributed by atoms with Gasteiger partial charge < -0.3 is 10.1 Å². The van der Waals surface area contributed by atoms with Crippen LogP contribution in [0, 0.1) is 5.41 Å². The van der Waals surface area contributed by atoms with Gasteiger partial charge in [-0.25, -0.2) is 0 Å². The smallest absolute Gasteiger partial charge is 0.118 e. The summed E-state index contributed by atoms with van der Waals surface area (Å²) in [6.45, 7) is 4.80. The van der Waals surface area contributed by atoms with Gasteiger partial charge in [-0.15, -0.1) is 0 Å². The van der Waals surface area contributed by atoms with E-state index in [0.29, 0.717) is 5.41 Å². The van der Waals surface area contributed by atoms with E-state index < -0.39 is 0 Å². The second-order valence-corrected chi connectivity index (χ2v) is 7.41. The van der Waals surface area contributed by atoms with E-state index in [9.17, 15) is 0 Å². The molecule has 0 aliphatic heterocycles. The van der Waals surface area contributed by atoms with Crippen LogP contribution in [0.2, 0.25) is 0 Å². The molecule has 110 valence electrons. The number of methoxy groups -OCH3 is 1. The van der Waals surface area contributed by atoms with Crippen molar-refractivity contribution in [2.75, 3.05) is 7.11 Å². The molecule has 1 atom stereocenters. The Labute approximate surface area is 122 Å². The number of ether oxygens (including phenoxy) is 1. The molecular formula is C18H27NO. The van der Waals surface area contributed by atoms with Gasteiger partial charge in [0.1, 0.15) is 5.75 Å². The highest BCUT2D eigenvalue weighted by molar-refractivity contribution is 5.31. The number of rotatable bonds is 4. The van der Waals surface area contributed by atoms with Gasteiger partial charge in [-0.05, 0) is 61.1 Å². The molecule has 2 heteroatoms. The zero-order valence-electron chi connectivity index (χ0n) is 13.0. The maximum Gasteiger partial charge on any atom is 0.118 e. The van der Waals surface area contributed by atoms with Crippen molar-refractivity contribution in [2.45, 2.75) is 64.0 Å². The standard InChI is InChI=1S/C18H27NO/c1-18(2)9-8-15(12-18)19-16-10-14(11-16)13-4-6-17(20-3)7-5-13/h4-7,14-16,19H,8-12H2,1-3H3. The largest absolute Gasteiger partial charge is 0.497 e. The maximum absolute atomic E-state index is 5.22. The van der Waals surface area contributed by atoms with Gasteiger partial charge in [0, 0.05) is 12.1 Å². The molecule has 2 fully saturated rings. The van der Waals surface area contributed by atoms with Gasteiger partial charge in [-0.3, -0.25) is 0 Å². The second-order valence-electron chi connectivity index (χ2n) is 7.41. The summed E-state index contributed by atoms with van der Waals surface area (Å²) < 4.78 is 5.22. The van der Waals surface area contributed by atoms with Gasteiger partial charge >= 0.3 is 0 Å². The first-order valence-electron chi connectivity index (χ1n) is 7.96. The predicted molar refractivity (Wildman–Crippen MR) is 83.3 cm³/mol. The molecule has 2 aliphatic carbocycles. The molecule has 0 heterocycles. The molecule has 2 saturated carbocycles. The van der Waals surface area contributed by atoms with Crippen molar-refractivity contribution in [2.24, 2.45) is 5.41 Å². The summed E-state index contributed by atoms with van der Waals surface area (Å²) in [5.41, 5.74) is 2.02. The zero-order valence-corrected chi connectivity index (χ0v) is 13.0. The lowest BCUT2D eigenvalue weighted by atomic mass is 9.75. The van der Waals surface area contributed by atoms with Crippen molar-refractivity contribution in [3.05, 3.63) is 29.8 Å². The average Bonchev–Trinajstić information content (AvgIpc) is 2.73. The van der Waals surface area contributed by atoms with Crippen LogP contribution in [0.1, 0.15) is 57.4 Å². The Bertz CT molecular complexity index is 445. The van der Waals surface area contributed by atoms with Crippen molar-refractivity contribution >= 4 is 0 Å². The molecule has 0 bridgehead atoms. The Hall–Kier alpha value is -1.02. The molecule has 0 radical (unpaired) electrons. The maximum atomic E-state index is 5.22. The van der Waals surface area contributed by atoms with Crippen molar-refractivity contribution in [3.8, 4) is 5.75 Å². The van der Waals surface area contributed by atoms with E-state index in [1.807, 2.05) is 0 Å². The first kappa shape index (κ1) is 13.9. The Morgan fingerprint density at radius 2 is 1.80 bits per heavy atom. The van der Waals surface area contributed by atoms with Crippen LogP contribution in [0.4, 0.5) is 0 Å². The summed E-state index contributed by atoms with van der Waals surface area (Å²) in [6.07, 6.45) is 6.67. The van der Waals surface area contributed by atoms with Gasteiger partial charge in [0.05, 0.1) is 7.11 Å². The lowest BCUT2D eigenvalue weighted by Gasteiger charge is -2.38. The molecule has 1 unspecified atom stereocenters. The number of hydrogen-bond donors (Lipinski definition) is 1. The van der Waals surface area contributed by atoms with E-state index in [4.69, 9.17) is 4.74 Å². The van der Waals surface area contributed by atoms with Gasteiger partial charge in [-0.2, -0.15) is 0 Å².